The Hall–Kier alpha value is -4.15. The molecule has 3 aromatic carbocycles. The van der Waals surface area contributed by atoms with Crippen molar-refractivity contribution >= 4 is 39.4 Å². The lowest BCUT2D eigenvalue weighted by atomic mass is 10.0. The van der Waals surface area contributed by atoms with Crippen LogP contribution in [0.3, 0.4) is 0 Å². The van der Waals surface area contributed by atoms with E-state index >= 15 is 0 Å². The summed E-state index contributed by atoms with van der Waals surface area (Å²) in [6, 6.07) is 19.4. The molecule has 2 atom stereocenters. The number of halogens is 1. The third-order valence-electron chi connectivity index (χ3n) is 4.93. The molecule has 0 unspecified atom stereocenters. The summed E-state index contributed by atoms with van der Waals surface area (Å²) < 4.78 is 12.3. The molecule has 0 heterocycles. The van der Waals surface area contributed by atoms with Gasteiger partial charge in [0.15, 0.2) is 18.0 Å². The summed E-state index contributed by atoms with van der Waals surface area (Å²) in [5.74, 6) is -0.721. The maximum Gasteiger partial charge on any atom is 0.412 e. The molecule has 0 saturated carbocycles. The minimum absolute atomic E-state index is 0.117. The van der Waals surface area contributed by atoms with Crippen molar-refractivity contribution in [2.24, 2.45) is 0 Å². The zero-order valence-corrected chi connectivity index (χ0v) is 20.6. The number of nitrogens with one attached hydrogen (secondary N) is 2. The first kappa shape index (κ1) is 26.5. The number of hydrogen-bond acceptors (Lipinski definition) is 7. The van der Waals surface area contributed by atoms with Gasteiger partial charge in [0.25, 0.3) is 5.91 Å². The molecule has 0 spiro atoms. The highest BCUT2D eigenvalue weighted by Gasteiger charge is 2.30. The first-order chi connectivity index (χ1) is 17.3. The van der Waals surface area contributed by atoms with Crippen molar-refractivity contribution in [2.75, 3.05) is 5.32 Å². The molecule has 2 amide bonds. The van der Waals surface area contributed by atoms with Gasteiger partial charge in [-0.05, 0) is 67.6 Å². The van der Waals surface area contributed by atoms with E-state index < -0.39 is 24.2 Å². The number of ether oxygens (including phenoxy) is 2. The van der Waals surface area contributed by atoms with Crippen LogP contribution >= 0.6 is 15.9 Å². The lowest BCUT2D eigenvalue weighted by Crippen LogP contribution is -2.30. The maximum absolute atomic E-state index is 12.9. The molecule has 0 aliphatic heterocycles. The normalized spacial score (nSPS) is 12.4. The molecule has 3 rings (SSSR count). The minimum Gasteiger partial charge on any atom is -0.508 e. The number of anilines is 1. The molecule has 186 valence electrons. The van der Waals surface area contributed by atoms with Crippen LogP contribution in [0.25, 0.3) is 0 Å². The van der Waals surface area contributed by atoms with E-state index in [9.17, 15) is 19.5 Å². The number of amides is 2. The highest BCUT2D eigenvalue weighted by molar-refractivity contribution is 9.10. The van der Waals surface area contributed by atoms with Crippen LogP contribution in [-0.2, 0) is 9.53 Å². The molecule has 10 heteroatoms. The van der Waals surface area contributed by atoms with Crippen LogP contribution in [-0.4, -0.2) is 34.2 Å². The Morgan fingerprint density at radius 1 is 1.00 bits per heavy atom. The number of benzene rings is 3. The van der Waals surface area contributed by atoms with Gasteiger partial charge in [-0.3, -0.25) is 20.1 Å². The Morgan fingerprint density at radius 3 is 2.33 bits per heavy atom. The molecular formula is C26H23BrN2O7. The van der Waals surface area contributed by atoms with Crippen molar-refractivity contribution in [2.45, 2.75) is 19.1 Å². The number of phenolic OH excluding ortho intramolecular Hbond substituents is 1. The van der Waals surface area contributed by atoms with E-state index in [1.807, 2.05) is 0 Å². The van der Waals surface area contributed by atoms with Crippen LogP contribution in [0.4, 0.5) is 10.5 Å². The van der Waals surface area contributed by atoms with Crippen molar-refractivity contribution in [3.8, 4) is 11.5 Å². The molecule has 0 radical (unpaired) electrons. The molecule has 0 bridgehead atoms. The second kappa shape index (κ2) is 12.5. The van der Waals surface area contributed by atoms with Crippen molar-refractivity contribution in [1.82, 2.24) is 5.48 Å². The van der Waals surface area contributed by atoms with Crippen LogP contribution in [0.1, 0.15) is 28.9 Å². The van der Waals surface area contributed by atoms with Crippen molar-refractivity contribution in [3.05, 3.63) is 101 Å². The molecule has 0 saturated heterocycles. The van der Waals surface area contributed by atoms with E-state index in [4.69, 9.17) is 14.7 Å². The Morgan fingerprint density at radius 2 is 1.69 bits per heavy atom. The van der Waals surface area contributed by atoms with Crippen molar-refractivity contribution < 1.29 is 34.2 Å². The van der Waals surface area contributed by atoms with E-state index in [2.05, 4.69) is 21.2 Å². The van der Waals surface area contributed by atoms with E-state index in [0.29, 0.717) is 21.5 Å². The van der Waals surface area contributed by atoms with Crippen LogP contribution in [0.2, 0.25) is 0 Å². The summed E-state index contributed by atoms with van der Waals surface area (Å²) in [5.41, 5.74) is 2.54. The molecule has 0 aliphatic carbocycles. The van der Waals surface area contributed by atoms with Gasteiger partial charge < -0.3 is 14.6 Å². The molecule has 3 aromatic rings. The lowest BCUT2D eigenvalue weighted by molar-refractivity contribution is -0.124. The van der Waals surface area contributed by atoms with Gasteiger partial charge in [0.05, 0.1) is 0 Å². The highest BCUT2D eigenvalue weighted by Crippen LogP contribution is 2.34. The number of para-hydroxylation sites is 1. The number of hydroxylamine groups is 1. The van der Waals surface area contributed by atoms with Gasteiger partial charge in [-0.1, -0.05) is 34.1 Å². The van der Waals surface area contributed by atoms with Crippen LogP contribution in [0.15, 0.2) is 89.4 Å². The predicted molar refractivity (Wildman–Crippen MR) is 135 cm³/mol. The standard InChI is InChI=1S/C26H23BrN2O7/c1-16(30)17-7-10-19(11-8-17)28-26(33)36-25(21-15-18(27)9-12-22(21)31)23(13-14-24(32)29-34)35-20-5-3-2-4-6-20/h2-15,23,25,31,34H,1H3,(H,28,33)(H,29,32)/b14-13+/t23-,25-/m0/s1. The molecule has 4 N–H and O–H groups in total. The number of rotatable bonds is 9. The minimum atomic E-state index is -1.23. The second-order valence-corrected chi connectivity index (χ2v) is 8.43. The Bertz CT molecular complexity index is 1250. The number of hydrogen-bond donors (Lipinski definition) is 4. The van der Waals surface area contributed by atoms with E-state index in [1.165, 1.54) is 24.5 Å². The molecular weight excluding hydrogens is 532 g/mol. The summed E-state index contributed by atoms with van der Waals surface area (Å²) in [7, 11) is 0. The van der Waals surface area contributed by atoms with Gasteiger partial charge in [-0.2, -0.15) is 0 Å². The van der Waals surface area contributed by atoms with Gasteiger partial charge in [-0.15, -0.1) is 0 Å². The van der Waals surface area contributed by atoms with Gasteiger partial charge in [0.2, 0.25) is 0 Å². The molecule has 9 nitrogen and oxygen atoms in total. The monoisotopic (exact) mass is 554 g/mol. The van der Waals surface area contributed by atoms with E-state index in [0.717, 1.165) is 6.08 Å². The largest absolute Gasteiger partial charge is 0.508 e. The van der Waals surface area contributed by atoms with Gasteiger partial charge in [0, 0.05) is 27.4 Å². The van der Waals surface area contributed by atoms with Crippen LogP contribution < -0.4 is 15.5 Å². The summed E-state index contributed by atoms with van der Waals surface area (Å²) in [5, 5.41) is 22.0. The topological polar surface area (TPSA) is 134 Å². The third kappa shape index (κ3) is 7.42. The number of aromatic hydroxyl groups is 1. The smallest absolute Gasteiger partial charge is 0.412 e. The number of Topliss-reactive ketones (excluding diaryl/α,β-unsaturated/α-hetero) is 1. The van der Waals surface area contributed by atoms with E-state index in [1.54, 1.807) is 66.7 Å². The van der Waals surface area contributed by atoms with Crippen molar-refractivity contribution in [1.29, 1.82) is 0 Å². The Balaban J connectivity index is 1.95. The SMILES string of the molecule is CC(=O)c1ccc(NC(=O)O[C@@H](c2cc(Br)ccc2O)[C@H](/C=C/C(=O)NO)Oc2ccccc2)cc1. The van der Waals surface area contributed by atoms with Crippen LogP contribution in [0.5, 0.6) is 11.5 Å². The second-order valence-electron chi connectivity index (χ2n) is 7.52. The third-order valence-corrected chi connectivity index (χ3v) is 5.42. The first-order valence-corrected chi connectivity index (χ1v) is 11.5. The Kier molecular flexibility index (Phi) is 9.20. The average Bonchev–Trinajstić information content (AvgIpc) is 2.87. The van der Waals surface area contributed by atoms with Gasteiger partial charge in [0.1, 0.15) is 11.5 Å². The maximum atomic E-state index is 12.9. The number of ketones is 1. The zero-order chi connectivity index (χ0) is 26.1. The first-order valence-electron chi connectivity index (χ1n) is 10.7. The van der Waals surface area contributed by atoms with Gasteiger partial charge >= 0.3 is 6.09 Å². The van der Waals surface area contributed by atoms with E-state index in [-0.39, 0.29) is 17.1 Å². The summed E-state index contributed by atoms with van der Waals surface area (Å²) in [6.07, 6.45) is -0.912. The molecule has 0 aliphatic rings. The van der Waals surface area contributed by atoms with Crippen LogP contribution in [0, 0.1) is 0 Å². The quantitative estimate of drug-likeness (QED) is 0.124. The fourth-order valence-corrected chi connectivity index (χ4v) is 3.57. The van der Waals surface area contributed by atoms with Gasteiger partial charge in [-0.25, -0.2) is 10.3 Å². The molecule has 0 fully saturated rings. The Labute approximate surface area is 215 Å². The number of phenols is 1. The van der Waals surface area contributed by atoms with Crippen molar-refractivity contribution in [3.63, 3.8) is 0 Å². The fourth-order valence-electron chi connectivity index (χ4n) is 3.19. The predicted octanol–water partition coefficient (Wildman–Crippen LogP) is 5.16. The highest BCUT2D eigenvalue weighted by atomic mass is 79.9. The summed E-state index contributed by atoms with van der Waals surface area (Å²) in [4.78, 5) is 36.0. The lowest BCUT2D eigenvalue weighted by Gasteiger charge is -2.27. The average molecular weight is 555 g/mol. The summed E-state index contributed by atoms with van der Waals surface area (Å²) in [6.45, 7) is 1.43. The molecule has 36 heavy (non-hydrogen) atoms. The number of carbonyl (C=O) groups is 3. The molecule has 0 aromatic heterocycles. The summed E-state index contributed by atoms with van der Waals surface area (Å²) >= 11 is 3.34. The zero-order valence-electron chi connectivity index (χ0n) is 19.1. The number of carbonyl (C=O) groups excluding carboxylic acids is 3. The fraction of sp³-hybridized carbons (Fsp3) is 0.115.